The summed E-state index contributed by atoms with van der Waals surface area (Å²) in [5.74, 6) is 1.28. The minimum Gasteiger partial charge on any atom is -0.383 e. The molecule has 78 valence electrons. The number of benzene rings is 1. The van der Waals surface area contributed by atoms with E-state index in [9.17, 15) is 0 Å². The molecule has 1 atom stereocenters. The first-order valence-corrected chi connectivity index (χ1v) is 6.29. The van der Waals surface area contributed by atoms with Crippen molar-refractivity contribution in [1.82, 2.24) is 0 Å². The molecule has 1 aromatic carbocycles. The van der Waals surface area contributed by atoms with Crippen LogP contribution in [0.4, 0.5) is 5.69 Å². The van der Waals surface area contributed by atoms with Crippen molar-refractivity contribution < 1.29 is 0 Å². The Hall–Kier alpha value is -1.14. The van der Waals surface area contributed by atoms with Crippen LogP contribution < -0.4 is 5.32 Å². The summed E-state index contributed by atoms with van der Waals surface area (Å²) in [5.41, 5.74) is 1.70. The molecular weight excluding hydrogens is 204 g/mol. The van der Waals surface area contributed by atoms with E-state index in [2.05, 4.69) is 11.4 Å². The van der Waals surface area contributed by atoms with Crippen LogP contribution in [0.15, 0.2) is 24.3 Å². The van der Waals surface area contributed by atoms with Crippen LogP contribution >= 0.6 is 11.8 Å². The Balaban J connectivity index is 1.95. The van der Waals surface area contributed by atoms with Crippen LogP contribution in [0, 0.1) is 11.3 Å². The maximum atomic E-state index is 8.92. The monoisotopic (exact) mass is 218 g/mol. The summed E-state index contributed by atoms with van der Waals surface area (Å²) < 4.78 is 0. The lowest BCUT2D eigenvalue weighted by Gasteiger charge is -2.12. The Bertz CT molecular complexity index is 364. The van der Waals surface area contributed by atoms with Crippen molar-refractivity contribution in [3.05, 3.63) is 29.8 Å². The van der Waals surface area contributed by atoms with Gasteiger partial charge >= 0.3 is 0 Å². The van der Waals surface area contributed by atoms with Crippen LogP contribution in [-0.2, 0) is 0 Å². The Kier molecular flexibility index (Phi) is 3.52. The number of hydrogen-bond acceptors (Lipinski definition) is 3. The number of nitriles is 1. The quantitative estimate of drug-likeness (QED) is 0.847. The van der Waals surface area contributed by atoms with Crippen molar-refractivity contribution in [2.24, 2.45) is 0 Å². The lowest BCUT2D eigenvalue weighted by atomic mass is 10.2. The van der Waals surface area contributed by atoms with E-state index in [0.717, 1.165) is 23.0 Å². The summed E-state index contributed by atoms with van der Waals surface area (Å²) >= 11 is 2.03. The summed E-state index contributed by atoms with van der Waals surface area (Å²) in [4.78, 5) is 0. The molecule has 0 saturated carbocycles. The molecule has 3 heteroatoms. The fraction of sp³-hybridized carbons (Fsp3) is 0.417. The highest BCUT2D eigenvalue weighted by molar-refractivity contribution is 8.00. The van der Waals surface area contributed by atoms with E-state index < -0.39 is 0 Å². The number of para-hydroxylation sites is 1. The first kappa shape index (κ1) is 10.4. The molecule has 2 nitrogen and oxygen atoms in total. The van der Waals surface area contributed by atoms with Gasteiger partial charge in [-0.05, 0) is 30.7 Å². The Morgan fingerprint density at radius 1 is 1.47 bits per heavy atom. The maximum Gasteiger partial charge on any atom is 0.101 e. The second-order valence-electron chi connectivity index (χ2n) is 3.67. The van der Waals surface area contributed by atoms with Crippen LogP contribution in [-0.4, -0.2) is 17.5 Å². The highest BCUT2D eigenvalue weighted by Crippen LogP contribution is 2.26. The van der Waals surface area contributed by atoms with Gasteiger partial charge in [0.05, 0.1) is 11.3 Å². The van der Waals surface area contributed by atoms with Gasteiger partial charge in [0, 0.05) is 11.8 Å². The predicted octanol–water partition coefficient (Wildman–Crippen LogP) is 2.87. The van der Waals surface area contributed by atoms with Crippen molar-refractivity contribution in [3.8, 4) is 6.07 Å². The predicted molar refractivity (Wildman–Crippen MR) is 65.1 cm³/mol. The number of hydrogen-bond donors (Lipinski definition) is 1. The average molecular weight is 218 g/mol. The highest BCUT2D eigenvalue weighted by Gasteiger charge is 2.15. The van der Waals surface area contributed by atoms with Gasteiger partial charge in [0.15, 0.2) is 0 Å². The first-order valence-electron chi connectivity index (χ1n) is 5.25. The molecular formula is C12H14N2S. The zero-order valence-corrected chi connectivity index (χ0v) is 9.39. The third-order valence-electron chi connectivity index (χ3n) is 2.59. The van der Waals surface area contributed by atoms with E-state index in [0.29, 0.717) is 0 Å². The average Bonchev–Trinajstić information content (AvgIpc) is 2.79. The van der Waals surface area contributed by atoms with E-state index in [1.165, 1.54) is 18.6 Å². The van der Waals surface area contributed by atoms with E-state index in [1.807, 2.05) is 36.0 Å². The minimum absolute atomic E-state index is 0.719. The Morgan fingerprint density at radius 3 is 3.07 bits per heavy atom. The van der Waals surface area contributed by atoms with E-state index >= 15 is 0 Å². The van der Waals surface area contributed by atoms with Crippen molar-refractivity contribution >= 4 is 17.4 Å². The molecule has 0 bridgehead atoms. The zero-order chi connectivity index (χ0) is 10.5. The molecule has 1 saturated heterocycles. The second kappa shape index (κ2) is 5.09. The number of nitrogens with one attached hydrogen (secondary N) is 1. The van der Waals surface area contributed by atoms with Gasteiger partial charge in [-0.2, -0.15) is 17.0 Å². The number of thioether (sulfide) groups is 1. The van der Waals surface area contributed by atoms with E-state index in [4.69, 9.17) is 5.26 Å². The summed E-state index contributed by atoms with van der Waals surface area (Å²) in [5, 5.41) is 13.0. The molecule has 0 radical (unpaired) electrons. The van der Waals surface area contributed by atoms with Crippen molar-refractivity contribution in [2.75, 3.05) is 17.6 Å². The minimum atomic E-state index is 0.719. The third kappa shape index (κ3) is 2.66. The molecule has 1 unspecified atom stereocenters. The van der Waals surface area contributed by atoms with E-state index in [1.54, 1.807) is 0 Å². The second-order valence-corrected chi connectivity index (χ2v) is 5.08. The smallest absolute Gasteiger partial charge is 0.101 e. The molecule has 0 spiro atoms. The largest absolute Gasteiger partial charge is 0.383 e. The molecule has 1 aliphatic rings. The summed E-state index contributed by atoms with van der Waals surface area (Å²) in [7, 11) is 0. The maximum absolute atomic E-state index is 8.92. The van der Waals surface area contributed by atoms with Crippen molar-refractivity contribution in [1.29, 1.82) is 5.26 Å². The summed E-state index contributed by atoms with van der Waals surface area (Å²) in [6, 6.07) is 9.88. The van der Waals surface area contributed by atoms with Crippen LogP contribution in [0.1, 0.15) is 18.4 Å². The van der Waals surface area contributed by atoms with Gasteiger partial charge in [0.25, 0.3) is 0 Å². The third-order valence-corrected chi connectivity index (χ3v) is 3.99. The first-order chi connectivity index (χ1) is 7.40. The lowest BCUT2D eigenvalue weighted by Crippen LogP contribution is -2.14. The fourth-order valence-corrected chi connectivity index (χ4v) is 2.97. The van der Waals surface area contributed by atoms with Crippen molar-refractivity contribution in [3.63, 3.8) is 0 Å². The zero-order valence-electron chi connectivity index (χ0n) is 8.57. The van der Waals surface area contributed by atoms with E-state index in [-0.39, 0.29) is 0 Å². The van der Waals surface area contributed by atoms with Gasteiger partial charge in [-0.3, -0.25) is 0 Å². The van der Waals surface area contributed by atoms with Gasteiger partial charge in [-0.25, -0.2) is 0 Å². The van der Waals surface area contributed by atoms with Crippen LogP contribution in [0.5, 0.6) is 0 Å². The molecule has 0 aliphatic carbocycles. The Labute approximate surface area is 94.7 Å². The number of anilines is 1. The van der Waals surface area contributed by atoms with Crippen LogP contribution in [0.3, 0.4) is 0 Å². The summed E-state index contributed by atoms with van der Waals surface area (Å²) in [6.07, 6.45) is 2.63. The normalized spacial score (nSPS) is 19.8. The molecule has 1 N–H and O–H groups in total. The SMILES string of the molecule is N#Cc1ccccc1NCC1CCCS1. The fourth-order valence-electron chi connectivity index (χ4n) is 1.76. The molecule has 0 aromatic heterocycles. The molecule has 0 amide bonds. The highest BCUT2D eigenvalue weighted by atomic mass is 32.2. The van der Waals surface area contributed by atoms with Gasteiger partial charge in [-0.15, -0.1) is 0 Å². The molecule has 15 heavy (non-hydrogen) atoms. The molecule has 1 aromatic rings. The number of nitrogens with zero attached hydrogens (tertiary/aromatic N) is 1. The van der Waals surface area contributed by atoms with Crippen LogP contribution in [0.2, 0.25) is 0 Å². The topological polar surface area (TPSA) is 35.8 Å². The van der Waals surface area contributed by atoms with Gasteiger partial charge < -0.3 is 5.32 Å². The molecule has 2 rings (SSSR count). The van der Waals surface area contributed by atoms with Gasteiger partial charge in [-0.1, -0.05) is 12.1 Å². The summed E-state index contributed by atoms with van der Waals surface area (Å²) in [6.45, 7) is 0.976. The molecule has 1 fully saturated rings. The molecule has 1 aliphatic heterocycles. The van der Waals surface area contributed by atoms with Gasteiger partial charge in [0.1, 0.15) is 6.07 Å². The lowest BCUT2D eigenvalue weighted by molar-refractivity contribution is 0.805. The van der Waals surface area contributed by atoms with Crippen molar-refractivity contribution in [2.45, 2.75) is 18.1 Å². The van der Waals surface area contributed by atoms with Crippen LogP contribution in [0.25, 0.3) is 0 Å². The standard InChI is InChI=1S/C12H14N2S/c13-8-10-4-1-2-6-12(10)14-9-11-5-3-7-15-11/h1-2,4,6,11,14H,3,5,7,9H2. The Morgan fingerprint density at radius 2 is 2.33 bits per heavy atom. The number of rotatable bonds is 3. The van der Waals surface area contributed by atoms with Gasteiger partial charge in [0.2, 0.25) is 0 Å². The molecule has 1 heterocycles.